The highest BCUT2D eigenvalue weighted by atomic mass is 35.5. The molecule has 0 aromatic heterocycles. The normalized spacial score (nSPS) is 31.4. The number of piperidine rings is 1. The minimum absolute atomic E-state index is 0. The van der Waals surface area contributed by atoms with Crippen LogP contribution in [0.1, 0.15) is 38.5 Å². The maximum atomic E-state index is 12.1. The van der Waals surface area contributed by atoms with Gasteiger partial charge in [-0.05, 0) is 50.7 Å². The van der Waals surface area contributed by atoms with Gasteiger partial charge in [-0.15, -0.1) is 12.4 Å². The molecule has 1 amide bonds. The van der Waals surface area contributed by atoms with E-state index >= 15 is 0 Å². The zero-order valence-corrected chi connectivity index (χ0v) is 13.1. The van der Waals surface area contributed by atoms with E-state index in [9.17, 15) is 4.79 Å². The smallest absolute Gasteiger partial charge is 0.234 e. The summed E-state index contributed by atoms with van der Waals surface area (Å²) in [4.78, 5) is 14.5. The number of fused-ring (bicyclic) bond motifs is 1. The second-order valence-electron chi connectivity index (χ2n) is 6.60. The molecule has 0 radical (unpaired) electrons. The molecule has 2 atom stereocenters. The first kappa shape index (κ1) is 16.1. The Balaban J connectivity index is 0.00000147. The lowest BCUT2D eigenvalue weighted by Gasteiger charge is -2.34. The standard InChI is InChI=1S/C15H27N3O.ClH/c19-15(17-14-4-2-1-3-5-14)11-18-7-6-12-8-16-9-13(12)10-18;/h12-14,16H,1-11H2,(H,17,19);1H. The van der Waals surface area contributed by atoms with Crippen molar-refractivity contribution in [2.45, 2.75) is 44.6 Å². The van der Waals surface area contributed by atoms with Crippen molar-refractivity contribution in [1.82, 2.24) is 15.5 Å². The van der Waals surface area contributed by atoms with E-state index < -0.39 is 0 Å². The first-order valence-corrected chi connectivity index (χ1v) is 8.03. The monoisotopic (exact) mass is 301 g/mol. The van der Waals surface area contributed by atoms with E-state index in [2.05, 4.69) is 15.5 Å². The minimum atomic E-state index is 0. The number of amides is 1. The lowest BCUT2D eigenvalue weighted by atomic mass is 9.89. The number of likely N-dealkylation sites (tertiary alicyclic amines) is 1. The maximum Gasteiger partial charge on any atom is 0.234 e. The Hall–Kier alpha value is -0.320. The van der Waals surface area contributed by atoms with Gasteiger partial charge in [-0.2, -0.15) is 0 Å². The molecule has 5 heteroatoms. The van der Waals surface area contributed by atoms with E-state index in [4.69, 9.17) is 0 Å². The second-order valence-corrected chi connectivity index (χ2v) is 6.60. The minimum Gasteiger partial charge on any atom is -0.352 e. The van der Waals surface area contributed by atoms with Crippen molar-refractivity contribution in [2.75, 3.05) is 32.7 Å². The third-order valence-corrected chi connectivity index (χ3v) is 5.13. The molecule has 1 saturated carbocycles. The van der Waals surface area contributed by atoms with Crippen LogP contribution in [0.5, 0.6) is 0 Å². The summed E-state index contributed by atoms with van der Waals surface area (Å²) in [5.41, 5.74) is 0. The number of rotatable bonds is 3. The Kier molecular flexibility index (Phi) is 6.12. The average Bonchev–Trinajstić information content (AvgIpc) is 2.87. The molecule has 2 unspecified atom stereocenters. The van der Waals surface area contributed by atoms with E-state index in [1.807, 2.05) is 0 Å². The average molecular weight is 302 g/mol. The summed E-state index contributed by atoms with van der Waals surface area (Å²) in [6.45, 7) is 5.15. The number of nitrogens with one attached hydrogen (secondary N) is 2. The Morgan fingerprint density at radius 1 is 1.10 bits per heavy atom. The van der Waals surface area contributed by atoms with Crippen LogP contribution in [-0.2, 0) is 4.79 Å². The number of carbonyl (C=O) groups is 1. The summed E-state index contributed by atoms with van der Waals surface area (Å²) < 4.78 is 0. The van der Waals surface area contributed by atoms with Crippen molar-refractivity contribution >= 4 is 18.3 Å². The largest absolute Gasteiger partial charge is 0.352 e. The molecule has 2 heterocycles. The summed E-state index contributed by atoms with van der Waals surface area (Å²) in [7, 11) is 0. The van der Waals surface area contributed by atoms with E-state index in [-0.39, 0.29) is 18.3 Å². The Labute approximate surface area is 128 Å². The topological polar surface area (TPSA) is 44.4 Å². The molecule has 0 aromatic carbocycles. The van der Waals surface area contributed by atoms with Gasteiger partial charge in [-0.3, -0.25) is 9.69 Å². The highest BCUT2D eigenvalue weighted by molar-refractivity contribution is 5.85. The molecule has 3 fully saturated rings. The predicted molar refractivity (Wildman–Crippen MR) is 83.2 cm³/mol. The summed E-state index contributed by atoms with van der Waals surface area (Å²) in [6, 6.07) is 0.451. The zero-order chi connectivity index (χ0) is 13.1. The molecule has 0 bridgehead atoms. The lowest BCUT2D eigenvalue weighted by molar-refractivity contribution is -0.123. The van der Waals surface area contributed by atoms with E-state index in [0.717, 1.165) is 31.5 Å². The Morgan fingerprint density at radius 3 is 2.65 bits per heavy atom. The fourth-order valence-corrected chi connectivity index (χ4v) is 3.98. The lowest BCUT2D eigenvalue weighted by Crippen LogP contribution is -2.47. The maximum absolute atomic E-state index is 12.1. The van der Waals surface area contributed by atoms with Crippen molar-refractivity contribution in [1.29, 1.82) is 0 Å². The Bertz CT molecular complexity index is 320. The molecule has 1 aliphatic carbocycles. The van der Waals surface area contributed by atoms with Gasteiger partial charge in [0.1, 0.15) is 0 Å². The molecule has 2 N–H and O–H groups in total. The second kappa shape index (κ2) is 7.62. The van der Waals surface area contributed by atoms with Crippen molar-refractivity contribution in [3.8, 4) is 0 Å². The van der Waals surface area contributed by atoms with Crippen molar-refractivity contribution < 1.29 is 4.79 Å². The van der Waals surface area contributed by atoms with E-state index in [1.54, 1.807) is 0 Å². The van der Waals surface area contributed by atoms with Gasteiger partial charge in [0.05, 0.1) is 6.54 Å². The fraction of sp³-hybridized carbons (Fsp3) is 0.933. The van der Waals surface area contributed by atoms with Gasteiger partial charge in [-0.25, -0.2) is 0 Å². The predicted octanol–water partition coefficient (Wildman–Crippen LogP) is 1.40. The van der Waals surface area contributed by atoms with Crippen molar-refractivity contribution in [3.63, 3.8) is 0 Å². The molecule has 4 nitrogen and oxygen atoms in total. The third kappa shape index (κ3) is 4.09. The highest BCUT2D eigenvalue weighted by Gasteiger charge is 2.33. The van der Waals surface area contributed by atoms with E-state index in [1.165, 1.54) is 45.1 Å². The molecule has 3 aliphatic rings. The molecule has 3 rings (SSSR count). The van der Waals surface area contributed by atoms with E-state index in [0.29, 0.717) is 12.6 Å². The third-order valence-electron chi connectivity index (χ3n) is 5.13. The van der Waals surface area contributed by atoms with Crippen LogP contribution in [0.3, 0.4) is 0 Å². The first-order chi connectivity index (χ1) is 9.31. The summed E-state index contributed by atoms with van der Waals surface area (Å²) in [5.74, 6) is 1.88. The van der Waals surface area contributed by atoms with Gasteiger partial charge in [-0.1, -0.05) is 19.3 Å². The summed E-state index contributed by atoms with van der Waals surface area (Å²) in [6.07, 6.45) is 7.53. The van der Waals surface area contributed by atoms with Crippen LogP contribution >= 0.6 is 12.4 Å². The zero-order valence-electron chi connectivity index (χ0n) is 12.3. The molecule has 0 spiro atoms. The van der Waals surface area contributed by atoms with Crippen LogP contribution in [0, 0.1) is 11.8 Å². The van der Waals surface area contributed by atoms with Crippen LogP contribution in [0.4, 0.5) is 0 Å². The molecular weight excluding hydrogens is 274 g/mol. The summed E-state index contributed by atoms with van der Waals surface area (Å²) in [5, 5.41) is 6.71. The van der Waals surface area contributed by atoms with Gasteiger partial charge < -0.3 is 10.6 Å². The van der Waals surface area contributed by atoms with Crippen LogP contribution in [0.2, 0.25) is 0 Å². The molecule has 20 heavy (non-hydrogen) atoms. The van der Waals surface area contributed by atoms with Crippen LogP contribution in [0.15, 0.2) is 0 Å². The molecule has 2 saturated heterocycles. The van der Waals surface area contributed by atoms with Crippen molar-refractivity contribution in [2.24, 2.45) is 11.8 Å². The van der Waals surface area contributed by atoms with Crippen molar-refractivity contribution in [3.05, 3.63) is 0 Å². The van der Waals surface area contributed by atoms with Gasteiger partial charge in [0.15, 0.2) is 0 Å². The van der Waals surface area contributed by atoms with Crippen LogP contribution in [0.25, 0.3) is 0 Å². The summed E-state index contributed by atoms with van der Waals surface area (Å²) >= 11 is 0. The quantitative estimate of drug-likeness (QED) is 0.828. The fourth-order valence-electron chi connectivity index (χ4n) is 3.98. The number of carbonyl (C=O) groups excluding carboxylic acids is 1. The van der Waals surface area contributed by atoms with Gasteiger partial charge in [0, 0.05) is 12.6 Å². The first-order valence-electron chi connectivity index (χ1n) is 8.03. The number of hydrogen-bond acceptors (Lipinski definition) is 3. The van der Waals surface area contributed by atoms with Crippen LogP contribution < -0.4 is 10.6 Å². The molecular formula is C15H28ClN3O. The molecule has 116 valence electrons. The van der Waals surface area contributed by atoms with Crippen LogP contribution in [-0.4, -0.2) is 49.6 Å². The molecule has 0 aromatic rings. The number of halogens is 1. The molecule has 2 aliphatic heterocycles. The van der Waals surface area contributed by atoms with Gasteiger partial charge >= 0.3 is 0 Å². The number of hydrogen-bond donors (Lipinski definition) is 2. The number of nitrogens with zero attached hydrogens (tertiary/aromatic N) is 1. The Morgan fingerprint density at radius 2 is 1.85 bits per heavy atom. The highest BCUT2D eigenvalue weighted by Crippen LogP contribution is 2.26. The van der Waals surface area contributed by atoms with Gasteiger partial charge in [0.2, 0.25) is 5.91 Å². The SMILES string of the molecule is Cl.O=C(CN1CCC2CNCC2C1)NC1CCCCC1. The van der Waals surface area contributed by atoms with Gasteiger partial charge in [0.25, 0.3) is 0 Å².